The van der Waals surface area contributed by atoms with Crippen LogP contribution in [0.15, 0.2) is 97.5 Å². The molecule has 2 fully saturated rings. The summed E-state index contributed by atoms with van der Waals surface area (Å²) in [6, 6.07) is 27.2. The summed E-state index contributed by atoms with van der Waals surface area (Å²) in [5.74, 6) is 0.660. The second-order valence-electron chi connectivity index (χ2n) is 13.2. The van der Waals surface area contributed by atoms with Crippen LogP contribution in [0.4, 0.5) is 11.5 Å². The molecule has 0 bridgehead atoms. The van der Waals surface area contributed by atoms with Gasteiger partial charge in [-0.2, -0.15) is 0 Å². The molecule has 0 spiro atoms. The van der Waals surface area contributed by atoms with Crippen molar-refractivity contribution in [3.05, 3.63) is 119 Å². The molecule has 3 aromatic carbocycles. The number of aromatic amines is 1. The smallest absolute Gasteiger partial charge is 0.272 e. The Kier molecular flexibility index (Phi) is 9.00. The summed E-state index contributed by atoms with van der Waals surface area (Å²) >= 11 is 12.8. The van der Waals surface area contributed by atoms with Crippen LogP contribution in [0.5, 0.6) is 0 Å². The van der Waals surface area contributed by atoms with Crippen LogP contribution in [0.25, 0.3) is 33.4 Å². The lowest BCUT2D eigenvalue weighted by Gasteiger charge is -2.37. The Balaban J connectivity index is 1.19. The highest BCUT2D eigenvalue weighted by Crippen LogP contribution is 2.42. The van der Waals surface area contributed by atoms with E-state index in [1.165, 1.54) is 0 Å². The minimum absolute atomic E-state index is 0.140. The highest BCUT2D eigenvalue weighted by Gasteiger charge is 2.32. The SMILES string of the molecule is C[C@@H](c1ccc(Cl)cc1)n1cnc(-c2ccccc2)c1-c1c(C(=O)Nc2cccnc2N2CCC(N3CCCC3=O)CC2)[nH]c2cc(Cl)ccc12. The van der Waals surface area contributed by atoms with Crippen LogP contribution in [-0.4, -0.2) is 61.9 Å². The van der Waals surface area contributed by atoms with E-state index in [0.717, 1.165) is 77.9 Å². The van der Waals surface area contributed by atoms with Crippen LogP contribution >= 0.6 is 23.2 Å². The van der Waals surface area contributed by atoms with Crippen molar-refractivity contribution in [1.29, 1.82) is 0 Å². The molecule has 51 heavy (non-hydrogen) atoms. The number of imidazole rings is 1. The minimum Gasteiger partial charge on any atom is -0.355 e. The van der Waals surface area contributed by atoms with E-state index < -0.39 is 0 Å². The van der Waals surface area contributed by atoms with Gasteiger partial charge >= 0.3 is 0 Å². The first-order chi connectivity index (χ1) is 24.9. The van der Waals surface area contributed by atoms with E-state index in [-0.39, 0.29) is 23.9 Å². The molecule has 3 aromatic heterocycles. The van der Waals surface area contributed by atoms with E-state index in [1.54, 1.807) is 6.20 Å². The number of rotatable bonds is 8. The zero-order chi connectivity index (χ0) is 35.1. The molecule has 0 aliphatic carbocycles. The zero-order valence-electron chi connectivity index (χ0n) is 28.2. The largest absolute Gasteiger partial charge is 0.355 e. The zero-order valence-corrected chi connectivity index (χ0v) is 29.7. The third kappa shape index (κ3) is 6.36. The van der Waals surface area contributed by atoms with Gasteiger partial charge in [0.25, 0.3) is 5.91 Å². The third-order valence-corrected chi connectivity index (χ3v) is 10.7. The number of likely N-dealkylation sites (tertiary alicyclic amines) is 1. The standard InChI is InChI=1S/C40H37Cl2N7O2/c1-25(26-11-13-28(41)14-12-26)49-24-44-36(27-7-3-2-4-8-27)38(49)35-31-16-15-29(42)23-33(31)45-37(35)40(51)46-32-9-5-19-43-39(32)47-21-17-30(18-22-47)48-20-6-10-34(48)50/h2-5,7-9,11-16,19,23-25,30,45H,6,10,17-18,20-22H2,1H3,(H,46,51)/t25-/m0/s1. The van der Waals surface area contributed by atoms with Crippen LogP contribution in [0, 0.1) is 0 Å². The van der Waals surface area contributed by atoms with Crippen LogP contribution < -0.4 is 10.2 Å². The third-order valence-electron chi connectivity index (χ3n) is 10.2. The van der Waals surface area contributed by atoms with E-state index >= 15 is 0 Å². The molecule has 0 unspecified atom stereocenters. The molecule has 2 aliphatic heterocycles. The maximum atomic E-state index is 14.6. The Hall–Kier alpha value is -5.12. The number of hydrogen-bond donors (Lipinski definition) is 2. The lowest BCUT2D eigenvalue weighted by molar-refractivity contribution is -0.130. The van der Waals surface area contributed by atoms with Gasteiger partial charge in [-0.3, -0.25) is 9.59 Å². The molecule has 11 heteroatoms. The van der Waals surface area contributed by atoms with Crippen LogP contribution in [0.1, 0.15) is 54.7 Å². The summed E-state index contributed by atoms with van der Waals surface area (Å²) in [5.41, 5.74) is 5.98. The van der Waals surface area contributed by atoms with Gasteiger partial charge < -0.3 is 24.7 Å². The van der Waals surface area contributed by atoms with Gasteiger partial charge in [-0.25, -0.2) is 9.97 Å². The molecule has 2 saturated heterocycles. The van der Waals surface area contributed by atoms with Gasteiger partial charge in [0.1, 0.15) is 5.69 Å². The van der Waals surface area contributed by atoms with E-state index in [1.807, 2.05) is 96.2 Å². The van der Waals surface area contributed by atoms with Crippen molar-refractivity contribution in [3.8, 4) is 22.5 Å². The molecule has 5 heterocycles. The topological polar surface area (TPSA) is 99.2 Å². The number of carbonyl (C=O) groups excluding carboxylic acids is 2. The number of nitrogens with zero attached hydrogens (tertiary/aromatic N) is 5. The molecule has 6 aromatic rings. The monoisotopic (exact) mass is 717 g/mol. The first-order valence-electron chi connectivity index (χ1n) is 17.4. The van der Waals surface area contributed by atoms with Crippen molar-refractivity contribution in [2.45, 2.75) is 44.7 Å². The number of piperidine rings is 1. The molecule has 258 valence electrons. The molecule has 1 atom stereocenters. The lowest BCUT2D eigenvalue weighted by Crippen LogP contribution is -2.45. The number of amides is 2. The van der Waals surface area contributed by atoms with Gasteiger partial charge in [0.05, 0.1) is 29.4 Å². The molecule has 9 nitrogen and oxygen atoms in total. The first-order valence-corrected chi connectivity index (χ1v) is 18.1. The minimum atomic E-state index is -0.310. The Morgan fingerprint density at radius 1 is 0.922 bits per heavy atom. The van der Waals surface area contributed by atoms with Gasteiger partial charge in [0.15, 0.2) is 5.82 Å². The maximum Gasteiger partial charge on any atom is 0.272 e. The molecule has 0 radical (unpaired) electrons. The molecule has 8 rings (SSSR count). The Morgan fingerprint density at radius 2 is 1.69 bits per heavy atom. The average molecular weight is 719 g/mol. The number of pyridine rings is 1. The Labute approximate surface area is 306 Å². The summed E-state index contributed by atoms with van der Waals surface area (Å²) in [5, 5.41) is 5.27. The van der Waals surface area contributed by atoms with Crippen molar-refractivity contribution in [3.63, 3.8) is 0 Å². The number of H-pyrrole nitrogens is 1. The van der Waals surface area contributed by atoms with Crippen LogP contribution in [0.2, 0.25) is 10.0 Å². The van der Waals surface area contributed by atoms with Crippen molar-refractivity contribution < 1.29 is 9.59 Å². The summed E-state index contributed by atoms with van der Waals surface area (Å²) in [7, 11) is 0. The Morgan fingerprint density at radius 3 is 2.43 bits per heavy atom. The number of fused-ring (bicyclic) bond motifs is 1. The van der Waals surface area contributed by atoms with Crippen LogP contribution in [0.3, 0.4) is 0 Å². The number of hydrogen-bond acceptors (Lipinski definition) is 5. The predicted molar refractivity (Wildman–Crippen MR) is 204 cm³/mol. The van der Waals surface area contributed by atoms with Gasteiger partial charge in [-0.1, -0.05) is 71.7 Å². The molecular weight excluding hydrogens is 681 g/mol. The van der Waals surface area contributed by atoms with Gasteiger partial charge in [-0.15, -0.1) is 0 Å². The predicted octanol–water partition coefficient (Wildman–Crippen LogP) is 8.85. The summed E-state index contributed by atoms with van der Waals surface area (Å²) in [4.78, 5) is 44.4. The summed E-state index contributed by atoms with van der Waals surface area (Å²) in [6.45, 7) is 4.44. The van der Waals surface area contributed by atoms with E-state index in [9.17, 15) is 9.59 Å². The molecule has 0 saturated carbocycles. The number of benzene rings is 3. The van der Waals surface area contributed by atoms with Crippen molar-refractivity contribution in [2.24, 2.45) is 0 Å². The first kappa shape index (κ1) is 33.0. The quantitative estimate of drug-likeness (QED) is 0.164. The number of halogens is 2. The van der Waals surface area contributed by atoms with Crippen molar-refractivity contribution >= 4 is 57.4 Å². The van der Waals surface area contributed by atoms with Gasteiger partial charge in [0, 0.05) is 70.4 Å². The number of nitrogens with one attached hydrogen (secondary N) is 2. The second kappa shape index (κ2) is 13.9. The van der Waals surface area contributed by atoms with Gasteiger partial charge in [-0.05, 0) is 68.1 Å². The fraction of sp³-hybridized carbons (Fsp3) is 0.250. The highest BCUT2D eigenvalue weighted by molar-refractivity contribution is 6.31. The molecular formula is C40H37Cl2N7O2. The molecule has 2 N–H and O–H groups in total. The fourth-order valence-electron chi connectivity index (χ4n) is 7.57. The summed E-state index contributed by atoms with van der Waals surface area (Å²) < 4.78 is 2.12. The molecule has 2 aliphatic rings. The molecule has 2 amide bonds. The summed E-state index contributed by atoms with van der Waals surface area (Å²) in [6.07, 6.45) is 6.89. The fourth-order valence-corrected chi connectivity index (χ4v) is 7.87. The lowest BCUT2D eigenvalue weighted by atomic mass is 9.99. The average Bonchev–Trinajstić information content (AvgIpc) is 3.89. The van der Waals surface area contributed by atoms with Crippen LogP contribution in [-0.2, 0) is 4.79 Å². The Bertz CT molecular complexity index is 2220. The highest BCUT2D eigenvalue weighted by atomic mass is 35.5. The number of anilines is 2. The van der Waals surface area contributed by atoms with E-state index in [4.69, 9.17) is 33.2 Å². The van der Waals surface area contributed by atoms with Gasteiger partial charge in [0.2, 0.25) is 5.91 Å². The number of carbonyl (C=O) groups is 2. The maximum absolute atomic E-state index is 14.6. The second-order valence-corrected chi connectivity index (χ2v) is 14.1. The van der Waals surface area contributed by atoms with Crippen molar-refractivity contribution in [2.75, 3.05) is 29.9 Å². The van der Waals surface area contributed by atoms with E-state index in [2.05, 4.69) is 26.7 Å². The normalized spacial score (nSPS) is 15.9. The van der Waals surface area contributed by atoms with Crippen molar-refractivity contribution in [1.82, 2.24) is 24.4 Å². The van der Waals surface area contributed by atoms with E-state index in [0.29, 0.717) is 33.7 Å². The number of aromatic nitrogens is 4.